The summed E-state index contributed by atoms with van der Waals surface area (Å²) < 4.78 is 97.9. The molecule has 202 valence electrons. The smallest absolute Gasteiger partial charge is 0.417 e. The van der Waals surface area contributed by atoms with E-state index in [0.29, 0.717) is 11.8 Å². The maximum absolute atomic E-state index is 13.1. The van der Waals surface area contributed by atoms with Crippen LogP contribution < -0.4 is 19.1 Å². The molecule has 3 aromatic carbocycles. The van der Waals surface area contributed by atoms with E-state index in [-0.39, 0.29) is 28.6 Å². The number of para-hydroxylation sites is 2. The van der Waals surface area contributed by atoms with Crippen LogP contribution in [0.1, 0.15) is 5.56 Å². The Morgan fingerprint density at radius 3 is 2.26 bits per heavy atom. The third kappa shape index (κ3) is 5.97. The molecule has 1 atom stereocenters. The van der Waals surface area contributed by atoms with Crippen LogP contribution in [0.15, 0.2) is 71.6 Å². The van der Waals surface area contributed by atoms with Crippen molar-refractivity contribution in [3.05, 3.63) is 77.3 Å². The first kappa shape index (κ1) is 27.5. The summed E-state index contributed by atoms with van der Waals surface area (Å²) in [6, 6.07) is 13.7. The van der Waals surface area contributed by atoms with Crippen LogP contribution in [0.2, 0.25) is 5.02 Å². The molecule has 0 fully saturated rings. The Morgan fingerprint density at radius 2 is 1.63 bits per heavy atom. The van der Waals surface area contributed by atoms with Crippen molar-refractivity contribution in [3.63, 3.8) is 0 Å². The predicted molar refractivity (Wildman–Crippen MR) is 135 cm³/mol. The lowest BCUT2D eigenvalue weighted by Gasteiger charge is -2.33. The van der Waals surface area contributed by atoms with Gasteiger partial charge in [-0.25, -0.2) is 16.8 Å². The number of hydrogen-bond donors (Lipinski definition) is 2. The molecule has 9 nitrogen and oxygen atoms in total. The summed E-state index contributed by atoms with van der Waals surface area (Å²) >= 11 is 5.57. The Morgan fingerprint density at radius 1 is 1.00 bits per heavy atom. The summed E-state index contributed by atoms with van der Waals surface area (Å²) in [7, 11) is -7.99. The number of anilines is 3. The molecule has 1 aliphatic rings. The second kappa shape index (κ2) is 10.0. The van der Waals surface area contributed by atoms with Gasteiger partial charge in [0.05, 0.1) is 34.0 Å². The van der Waals surface area contributed by atoms with Crippen LogP contribution >= 0.6 is 11.6 Å². The molecule has 15 heteroatoms. The number of hydrogen-bond acceptors (Lipinski definition) is 6. The number of nitrogens with one attached hydrogen (secondary N) is 2. The molecule has 0 spiro atoms. The SMILES string of the molecule is CS(=O)(=O)N1CC(C(=O)Nc2ccc(S(=O)(=O)Nc3ccc(Cl)c(C(F)(F)F)c3)cc2)Oc2ccccc21. The quantitative estimate of drug-likeness (QED) is 0.441. The minimum Gasteiger partial charge on any atom is -0.476 e. The summed E-state index contributed by atoms with van der Waals surface area (Å²) in [5.41, 5.74) is -1.07. The molecule has 0 radical (unpaired) electrons. The molecule has 1 heterocycles. The number of sulfonamides is 2. The summed E-state index contributed by atoms with van der Waals surface area (Å²) in [5, 5.41) is 1.95. The van der Waals surface area contributed by atoms with Gasteiger partial charge in [-0.1, -0.05) is 23.7 Å². The van der Waals surface area contributed by atoms with Crippen LogP contribution in [0, 0.1) is 0 Å². The molecule has 2 N–H and O–H groups in total. The van der Waals surface area contributed by atoms with Crippen LogP contribution in [0.4, 0.5) is 30.2 Å². The van der Waals surface area contributed by atoms with Gasteiger partial charge >= 0.3 is 6.18 Å². The molecule has 1 unspecified atom stereocenters. The Labute approximate surface area is 221 Å². The average molecular weight is 590 g/mol. The van der Waals surface area contributed by atoms with Crippen molar-refractivity contribution >= 4 is 54.6 Å². The normalized spacial score (nSPS) is 15.8. The van der Waals surface area contributed by atoms with Crippen molar-refractivity contribution in [2.24, 2.45) is 0 Å². The zero-order valence-electron chi connectivity index (χ0n) is 19.4. The largest absolute Gasteiger partial charge is 0.476 e. The van der Waals surface area contributed by atoms with E-state index in [1.165, 1.54) is 18.2 Å². The highest BCUT2D eigenvalue weighted by Gasteiger charge is 2.35. The molecule has 0 bridgehead atoms. The Hall–Kier alpha value is -3.49. The molecule has 0 saturated heterocycles. The maximum Gasteiger partial charge on any atom is 0.417 e. The van der Waals surface area contributed by atoms with E-state index in [4.69, 9.17) is 16.3 Å². The van der Waals surface area contributed by atoms with Crippen LogP contribution in [-0.2, 0) is 31.0 Å². The van der Waals surface area contributed by atoms with Crippen LogP contribution in [0.25, 0.3) is 0 Å². The number of halogens is 4. The van der Waals surface area contributed by atoms with Crippen LogP contribution in [0.5, 0.6) is 5.75 Å². The first-order valence-electron chi connectivity index (χ1n) is 10.7. The number of carbonyl (C=O) groups excluding carboxylic acids is 1. The molecule has 1 aliphatic heterocycles. The van der Waals surface area contributed by atoms with Gasteiger partial charge < -0.3 is 10.1 Å². The van der Waals surface area contributed by atoms with E-state index >= 15 is 0 Å². The van der Waals surface area contributed by atoms with E-state index < -0.39 is 48.8 Å². The first-order chi connectivity index (χ1) is 17.6. The summed E-state index contributed by atoms with van der Waals surface area (Å²) in [6.07, 6.45) is -4.97. The van der Waals surface area contributed by atoms with E-state index in [0.717, 1.165) is 34.8 Å². The van der Waals surface area contributed by atoms with Crippen molar-refractivity contribution in [3.8, 4) is 5.75 Å². The lowest BCUT2D eigenvalue weighted by molar-refractivity contribution is -0.137. The van der Waals surface area contributed by atoms with E-state index in [9.17, 15) is 34.8 Å². The van der Waals surface area contributed by atoms with Crippen molar-refractivity contribution < 1.29 is 39.5 Å². The highest BCUT2D eigenvalue weighted by Crippen LogP contribution is 2.37. The van der Waals surface area contributed by atoms with E-state index in [2.05, 4.69) is 10.0 Å². The van der Waals surface area contributed by atoms with Gasteiger partial charge in [-0.2, -0.15) is 13.2 Å². The molecule has 0 aromatic heterocycles. The monoisotopic (exact) mass is 589 g/mol. The average Bonchev–Trinajstić information content (AvgIpc) is 2.83. The lowest BCUT2D eigenvalue weighted by Crippen LogP contribution is -2.48. The van der Waals surface area contributed by atoms with Crippen molar-refractivity contribution in [1.29, 1.82) is 0 Å². The molecular formula is C23H19ClF3N3O6S2. The van der Waals surface area contributed by atoms with E-state index in [1.807, 2.05) is 0 Å². The van der Waals surface area contributed by atoms with Gasteiger partial charge in [0, 0.05) is 11.4 Å². The highest BCUT2D eigenvalue weighted by molar-refractivity contribution is 7.92. The maximum atomic E-state index is 13.1. The van der Waals surface area contributed by atoms with Crippen molar-refractivity contribution in [2.45, 2.75) is 17.2 Å². The Kier molecular flexibility index (Phi) is 7.25. The molecule has 38 heavy (non-hydrogen) atoms. The van der Waals surface area contributed by atoms with Crippen molar-refractivity contribution in [2.75, 3.05) is 27.1 Å². The van der Waals surface area contributed by atoms with Gasteiger partial charge in [-0.3, -0.25) is 13.8 Å². The number of benzene rings is 3. The molecule has 0 aliphatic carbocycles. The molecule has 4 rings (SSSR count). The minimum atomic E-state index is -4.78. The fourth-order valence-corrected chi connectivity index (χ4v) is 5.80. The molecule has 0 saturated carbocycles. The highest BCUT2D eigenvalue weighted by atomic mass is 35.5. The second-order valence-electron chi connectivity index (χ2n) is 8.18. The fraction of sp³-hybridized carbons (Fsp3) is 0.174. The third-order valence-corrected chi connectivity index (χ3v) is 8.26. The number of rotatable bonds is 6. The summed E-state index contributed by atoms with van der Waals surface area (Å²) in [6.45, 7) is -0.279. The number of nitrogens with zero attached hydrogens (tertiary/aromatic N) is 1. The zero-order valence-corrected chi connectivity index (χ0v) is 21.7. The van der Waals surface area contributed by atoms with Crippen LogP contribution in [-0.4, -0.2) is 41.6 Å². The summed E-state index contributed by atoms with van der Waals surface area (Å²) in [4.78, 5) is 12.5. The van der Waals surface area contributed by atoms with Gasteiger partial charge in [0.25, 0.3) is 15.9 Å². The number of alkyl halides is 3. The van der Waals surface area contributed by atoms with Crippen molar-refractivity contribution in [1.82, 2.24) is 0 Å². The minimum absolute atomic E-state index is 0.174. The zero-order chi connectivity index (χ0) is 27.9. The second-order valence-corrected chi connectivity index (χ2v) is 12.2. The topological polar surface area (TPSA) is 122 Å². The van der Waals surface area contributed by atoms with Gasteiger partial charge in [-0.05, 0) is 54.6 Å². The number of ether oxygens (including phenoxy) is 1. The van der Waals surface area contributed by atoms with Gasteiger partial charge in [0.2, 0.25) is 10.0 Å². The fourth-order valence-electron chi connectivity index (χ4n) is 3.61. The van der Waals surface area contributed by atoms with Crippen LogP contribution in [0.3, 0.4) is 0 Å². The first-order valence-corrected chi connectivity index (χ1v) is 14.4. The lowest BCUT2D eigenvalue weighted by atomic mass is 10.2. The van der Waals surface area contributed by atoms with E-state index in [1.54, 1.807) is 18.2 Å². The molecule has 1 amide bonds. The van der Waals surface area contributed by atoms with Gasteiger partial charge in [0.1, 0.15) is 5.75 Å². The third-order valence-electron chi connectivity index (χ3n) is 5.38. The number of fused-ring (bicyclic) bond motifs is 1. The Balaban J connectivity index is 1.48. The predicted octanol–water partition coefficient (Wildman–Crippen LogP) is 4.33. The standard InChI is InChI=1S/C23H19ClF3N3O6S2/c1-37(32,33)30-13-21(36-20-5-3-2-4-19(20)30)22(31)28-14-6-9-16(10-7-14)38(34,35)29-15-8-11-18(24)17(12-15)23(25,26)27/h2-12,21,29H,13H2,1H3,(H,28,31). The molecule has 3 aromatic rings. The summed E-state index contributed by atoms with van der Waals surface area (Å²) in [5.74, 6) is -0.476. The molecular weight excluding hydrogens is 571 g/mol. The Bertz CT molecular complexity index is 1600. The number of amides is 1. The van der Waals surface area contributed by atoms with Gasteiger partial charge in [0.15, 0.2) is 6.10 Å². The number of carbonyl (C=O) groups is 1. The van der Waals surface area contributed by atoms with Gasteiger partial charge in [-0.15, -0.1) is 0 Å².